The molecule has 0 amide bonds. The second kappa shape index (κ2) is 3.81. The van der Waals surface area contributed by atoms with Crippen molar-refractivity contribution in [3.8, 4) is 0 Å². The van der Waals surface area contributed by atoms with Gasteiger partial charge in [-0.1, -0.05) is 6.92 Å². The van der Waals surface area contributed by atoms with Crippen molar-refractivity contribution >= 4 is 6.21 Å². The Morgan fingerprint density at radius 2 is 2.43 bits per heavy atom. The monoisotopic (exact) mass is 100 g/mol. The predicted octanol–water partition coefficient (Wildman–Crippen LogP) is 0.634. The van der Waals surface area contributed by atoms with E-state index in [0.717, 1.165) is 6.54 Å². The Balaban J connectivity index is 2.98. The summed E-state index contributed by atoms with van der Waals surface area (Å²) in [6.07, 6.45) is 1.39. The standard InChI is InChI=1S/C5H12N2/c1-3-7-5(2)4-6/h4-7H,3H2,1-2H3. The summed E-state index contributed by atoms with van der Waals surface area (Å²) in [5, 5.41) is 9.78. The van der Waals surface area contributed by atoms with Gasteiger partial charge in [0.25, 0.3) is 0 Å². The Hall–Kier alpha value is -0.370. The molecular weight excluding hydrogens is 88.1 g/mol. The number of rotatable bonds is 3. The van der Waals surface area contributed by atoms with Crippen molar-refractivity contribution in [2.75, 3.05) is 6.54 Å². The van der Waals surface area contributed by atoms with E-state index in [1.807, 2.05) is 13.8 Å². The van der Waals surface area contributed by atoms with Gasteiger partial charge in [-0.3, -0.25) is 0 Å². The summed E-state index contributed by atoms with van der Waals surface area (Å²) in [6.45, 7) is 4.92. The maximum Gasteiger partial charge on any atom is 0.0388 e. The number of hydrogen-bond acceptors (Lipinski definition) is 2. The summed E-state index contributed by atoms with van der Waals surface area (Å²) in [5.41, 5.74) is 0. The van der Waals surface area contributed by atoms with Crippen molar-refractivity contribution in [1.82, 2.24) is 5.32 Å². The summed E-state index contributed by atoms with van der Waals surface area (Å²) < 4.78 is 0. The molecule has 0 saturated heterocycles. The van der Waals surface area contributed by atoms with Crippen LogP contribution in [0.3, 0.4) is 0 Å². The summed E-state index contributed by atoms with van der Waals surface area (Å²) in [4.78, 5) is 0. The molecule has 0 rings (SSSR count). The molecule has 1 unspecified atom stereocenters. The van der Waals surface area contributed by atoms with Crippen LogP contribution in [0.1, 0.15) is 13.8 Å². The molecule has 2 heteroatoms. The maximum atomic E-state index is 6.72. The van der Waals surface area contributed by atoms with Crippen LogP contribution in [0.25, 0.3) is 0 Å². The van der Waals surface area contributed by atoms with Gasteiger partial charge < -0.3 is 10.7 Å². The fraction of sp³-hybridized carbons (Fsp3) is 0.800. The van der Waals surface area contributed by atoms with Gasteiger partial charge in [-0.25, -0.2) is 0 Å². The van der Waals surface area contributed by atoms with Crippen molar-refractivity contribution in [1.29, 1.82) is 5.41 Å². The van der Waals surface area contributed by atoms with E-state index in [9.17, 15) is 0 Å². The zero-order valence-electron chi connectivity index (χ0n) is 4.86. The predicted molar refractivity (Wildman–Crippen MR) is 31.9 cm³/mol. The molecule has 1 atom stereocenters. The van der Waals surface area contributed by atoms with E-state index in [2.05, 4.69) is 5.32 Å². The normalized spacial score (nSPS) is 13.4. The molecule has 0 spiro atoms. The van der Waals surface area contributed by atoms with E-state index < -0.39 is 0 Å². The molecule has 0 heterocycles. The first-order chi connectivity index (χ1) is 3.31. The first-order valence-electron chi connectivity index (χ1n) is 2.55. The largest absolute Gasteiger partial charge is 0.311 e. The van der Waals surface area contributed by atoms with Crippen molar-refractivity contribution < 1.29 is 0 Å². The average molecular weight is 100 g/mol. The second-order valence-corrected chi connectivity index (χ2v) is 1.51. The summed E-state index contributed by atoms with van der Waals surface area (Å²) >= 11 is 0. The Kier molecular flexibility index (Phi) is 3.61. The maximum absolute atomic E-state index is 6.72. The highest BCUT2D eigenvalue weighted by atomic mass is 14.9. The molecule has 0 fully saturated rings. The molecule has 0 aromatic rings. The second-order valence-electron chi connectivity index (χ2n) is 1.51. The van der Waals surface area contributed by atoms with Gasteiger partial charge in [0, 0.05) is 12.3 Å². The zero-order valence-corrected chi connectivity index (χ0v) is 4.86. The molecular formula is C5H12N2. The number of nitrogens with one attached hydrogen (secondary N) is 2. The van der Waals surface area contributed by atoms with Gasteiger partial charge in [0.2, 0.25) is 0 Å². The van der Waals surface area contributed by atoms with Crippen LogP contribution in [0.2, 0.25) is 0 Å². The van der Waals surface area contributed by atoms with Gasteiger partial charge in [-0.05, 0) is 13.5 Å². The molecule has 0 aromatic carbocycles. The van der Waals surface area contributed by atoms with Crippen LogP contribution in [0.4, 0.5) is 0 Å². The van der Waals surface area contributed by atoms with E-state index >= 15 is 0 Å². The van der Waals surface area contributed by atoms with Crippen LogP contribution in [0, 0.1) is 5.41 Å². The Morgan fingerprint density at radius 1 is 1.86 bits per heavy atom. The molecule has 7 heavy (non-hydrogen) atoms. The van der Waals surface area contributed by atoms with E-state index in [0.29, 0.717) is 0 Å². The van der Waals surface area contributed by atoms with Gasteiger partial charge >= 0.3 is 0 Å². The lowest BCUT2D eigenvalue weighted by atomic mass is 10.4. The number of hydrogen-bond donors (Lipinski definition) is 2. The fourth-order valence-electron chi connectivity index (χ4n) is 0.381. The van der Waals surface area contributed by atoms with Crippen LogP contribution >= 0.6 is 0 Å². The van der Waals surface area contributed by atoms with Crippen molar-refractivity contribution in [3.63, 3.8) is 0 Å². The topological polar surface area (TPSA) is 35.9 Å². The average Bonchev–Trinajstić information content (AvgIpc) is 1.68. The molecule has 0 aliphatic heterocycles. The molecule has 42 valence electrons. The lowest BCUT2D eigenvalue weighted by Gasteiger charge is -2.01. The molecule has 0 aliphatic carbocycles. The first kappa shape index (κ1) is 6.63. The van der Waals surface area contributed by atoms with Crippen LogP contribution < -0.4 is 5.32 Å². The van der Waals surface area contributed by atoms with E-state index in [1.165, 1.54) is 6.21 Å². The zero-order chi connectivity index (χ0) is 5.70. The third kappa shape index (κ3) is 3.46. The smallest absolute Gasteiger partial charge is 0.0388 e. The quantitative estimate of drug-likeness (QED) is 0.501. The van der Waals surface area contributed by atoms with Crippen LogP contribution in [0.5, 0.6) is 0 Å². The third-order valence-electron chi connectivity index (χ3n) is 0.776. The highest BCUT2D eigenvalue weighted by molar-refractivity contribution is 5.59. The van der Waals surface area contributed by atoms with Crippen molar-refractivity contribution in [3.05, 3.63) is 0 Å². The summed E-state index contributed by atoms with van der Waals surface area (Å²) in [6, 6.07) is 0.241. The van der Waals surface area contributed by atoms with Crippen molar-refractivity contribution in [2.45, 2.75) is 19.9 Å². The van der Waals surface area contributed by atoms with E-state index in [4.69, 9.17) is 5.41 Å². The van der Waals surface area contributed by atoms with Crippen molar-refractivity contribution in [2.24, 2.45) is 0 Å². The van der Waals surface area contributed by atoms with E-state index in [1.54, 1.807) is 0 Å². The molecule has 2 nitrogen and oxygen atoms in total. The van der Waals surface area contributed by atoms with Crippen LogP contribution in [-0.2, 0) is 0 Å². The van der Waals surface area contributed by atoms with Gasteiger partial charge in [0.1, 0.15) is 0 Å². The van der Waals surface area contributed by atoms with Crippen LogP contribution in [0.15, 0.2) is 0 Å². The van der Waals surface area contributed by atoms with E-state index in [-0.39, 0.29) is 6.04 Å². The Bertz CT molecular complexity index is 52.0. The molecule has 0 radical (unpaired) electrons. The van der Waals surface area contributed by atoms with Gasteiger partial charge in [-0.15, -0.1) is 0 Å². The Labute approximate surface area is 44.4 Å². The molecule has 2 N–H and O–H groups in total. The van der Waals surface area contributed by atoms with Gasteiger partial charge in [0.05, 0.1) is 0 Å². The molecule has 0 aliphatic rings. The third-order valence-corrected chi connectivity index (χ3v) is 0.776. The minimum atomic E-state index is 0.241. The minimum absolute atomic E-state index is 0.241. The fourth-order valence-corrected chi connectivity index (χ4v) is 0.381. The summed E-state index contributed by atoms with van der Waals surface area (Å²) in [5.74, 6) is 0. The van der Waals surface area contributed by atoms with Crippen LogP contribution in [-0.4, -0.2) is 18.8 Å². The highest BCUT2D eigenvalue weighted by Gasteiger charge is 1.87. The van der Waals surface area contributed by atoms with Gasteiger partial charge in [-0.2, -0.15) is 0 Å². The Morgan fingerprint density at radius 3 is 2.57 bits per heavy atom. The lowest BCUT2D eigenvalue weighted by Crippen LogP contribution is -2.26. The summed E-state index contributed by atoms with van der Waals surface area (Å²) in [7, 11) is 0. The first-order valence-corrected chi connectivity index (χ1v) is 2.55. The van der Waals surface area contributed by atoms with Gasteiger partial charge in [0.15, 0.2) is 0 Å². The lowest BCUT2D eigenvalue weighted by molar-refractivity contribution is 0.694. The SMILES string of the molecule is CCNC(C)C=N. The minimum Gasteiger partial charge on any atom is -0.311 e. The molecule has 0 bridgehead atoms. The molecule has 0 saturated carbocycles. The molecule has 0 aromatic heterocycles. The highest BCUT2D eigenvalue weighted by Crippen LogP contribution is 1.69.